The van der Waals surface area contributed by atoms with Gasteiger partial charge in [0.15, 0.2) is 5.69 Å². The van der Waals surface area contributed by atoms with Crippen LogP contribution in [0.4, 0.5) is 0 Å². The summed E-state index contributed by atoms with van der Waals surface area (Å²) in [6, 6.07) is 4.18. The van der Waals surface area contributed by atoms with Gasteiger partial charge in [0.05, 0.1) is 10.0 Å². The fraction of sp³-hybridized carbons (Fsp3) is 0.154. The van der Waals surface area contributed by atoms with Gasteiger partial charge in [-0.1, -0.05) is 11.6 Å². The molecule has 0 radical (unpaired) electrons. The van der Waals surface area contributed by atoms with Crippen LogP contribution in [0.15, 0.2) is 23.6 Å². The Hall–Kier alpha value is -2.12. The van der Waals surface area contributed by atoms with E-state index >= 15 is 0 Å². The molecule has 0 atom stereocenters. The molecule has 0 fully saturated rings. The zero-order valence-electron chi connectivity index (χ0n) is 10.7. The minimum absolute atomic E-state index is 0.00615. The van der Waals surface area contributed by atoms with E-state index in [-0.39, 0.29) is 22.4 Å². The molecular weight excluding hydrogens is 316 g/mol. The quantitative estimate of drug-likeness (QED) is 0.782. The molecule has 3 N–H and O–H groups in total. The zero-order valence-corrected chi connectivity index (χ0v) is 12.2. The van der Waals surface area contributed by atoms with Crippen molar-refractivity contribution in [3.63, 3.8) is 0 Å². The predicted octanol–water partition coefficient (Wildman–Crippen LogP) is 2.17. The van der Waals surface area contributed by atoms with Crippen LogP contribution >= 0.6 is 22.9 Å². The average molecular weight is 327 g/mol. The van der Waals surface area contributed by atoms with Crippen molar-refractivity contribution in [1.82, 2.24) is 10.3 Å². The van der Waals surface area contributed by atoms with Crippen LogP contribution in [0.5, 0.6) is 5.75 Å². The number of aromatic hydroxyl groups is 1. The number of carbonyl (C=O) groups is 2. The third-order valence-corrected chi connectivity index (χ3v) is 3.82. The molecule has 6 nitrogen and oxygen atoms in total. The maximum atomic E-state index is 11.8. The van der Waals surface area contributed by atoms with Crippen LogP contribution in [0.1, 0.15) is 25.9 Å². The van der Waals surface area contributed by atoms with Crippen molar-refractivity contribution in [1.29, 1.82) is 0 Å². The number of nitrogens with zero attached hydrogens (tertiary/aromatic N) is 1. The summed E-state index contributed by atoms with van der Waals surface area (Å²) >= 11 is 6.96. The van der Waals surface area contributed by atoms with E-state index in [0.29, 0.717) is 23.5 Å². The number of benzene rings is 1. The largest absolute Gasteiger partial charge is 0.506 e. The van der Waals surface area contributed by atoms with Gasteiger partial charge in [-0.3, -0.25) is 4.79 Å². The zero-order chi connectivity index (χ0) is 15.4. The van der Waals surface area contributed by atoms with Crippen molar-refractivity contribution >= 4 is 34.8 Å². The Balaban J connectivity index is 1.88. The number of carbonyl (C=O) groups excluding carboxylic acids is 1. The number of phenolic OH excluding ortho intramolecular Hbond substituents is 1. The highest BCUT2D eigenvalue weighted by Crippen LogP contribution is 2.23. The summed E-state index contributed by atoms with van der Waals surface area (Å²) in [4.78, 5) is 26.5. The minimum atomic E-state index is -1.07. The number of rotatable bonds is 5. The molecule has 0 saturated heterocycles. The van der Waals surface area contributed by atoms with Crippen molar-refractivity contribution in [3.8, 4) is 5.75 Å². The van der Waals surface area contributed by atoms with Gasteiger partial charge >= 0.3 is 5.97 Å². The van der Waals surface area contributed by atoms with Crippen molar-refractivity contribution in [2.45, 2.75) is 6.42 Å². The fourth-order valence-corrected chi connectivity index (χ4v) is 2.51. The Morgan fingerprint density at radius 3 is 2.76 bits per heavy atom. The van der Waals surface area contributed by atoms with Gasteiger partial charge in [0, 0.05) is 23.9 Å². The molecule has 0 aliphatic carbocycles. The number of hydrogen-bond acceptors (Lipinski definition) is 5. The monoisotopic (exact) mass is 326 g/mol. The van der Waals surface area contributed by atoms with Crippen LogP contribution in [0.2, 0.25) is 5.02 Å². The van der Waals surface area contributed by atoms with Gasteiger partial charge in [0.2, 0.25) is 0 Å². The predicted molar refractivity (Wildman–Crippen MR) is 78.2 cm³/mol. The SMILES string of the molecule is O=C(NCCc1nc(C(=O)O)cs1)c1ccc(O)c(Cl)c1. The smallest absolute Gasteiger partial charge is 0.355 e. The second-order valence-electron chi connectivity index (χ2n) is 4.10. The number of carboxylic acids is 1. The molecule has 21 heavy (non-hydrogen) atoms. The molecular formula is C13H11ClN2O4S. The molecule has 2 aromatic rings. The van der Waals surface area contributed by atoms with Gasteiger partial charge in [-0.05, 0) is 18.2 Å². The number of hydrogen-bond donors (Lipinski definition) is 3. The Morgan fingerprint density at radius 2 is 2.14 bits per heavy atom. The summed E-state index contributed by atoms with van der Waals surface area (Å²) in [7, 11) is 0. The van der Waals surface area contributed by atoms with Crippen molar-refractivity contribution in [3.05, 3.63) is 44.9 Å². The molecule has 0 unspecified atom stereocenters. The molecule has 8 heteroatoms. The highest BCUT2D eigenvalue weighted by atomic mass is 35.5. The molecule has 2 rings (SSSR count). The maximum Gasteiger partial charge on any atom is 0.355 e. The van der Waals surface area contributed by atoms with E-state index in [4.69, 9.17) is 16.7 Å². The van der Waals surface area contributed by atoms with E-state index in [1.807, 2.05) is 0 Å². The van der Waals surface area contributed by atoms with E-state index < -0.39 is 5.97 Å². The van der Waals surface area contributed by atoms with E-state index in [1.54, 1.807) is 0 Å². The first-order chi connectivity index (χ1) is 9.97. The molecule has 1 aromatic heterocycles. The third kappa shape index (κ3) is 3.93. The number of carboxylic acid groups (broad SMARTS) is 1. The lowest BCUT2D eigenvalue weighted by Gasteiger charge is -2.05. The second-order valence-corrected chi connectivity index (χ2v) is 5.45. The molecule has 0 aliphatic heterocycles. The van der Waals surface area contributed by atoms with Gasteiger partial charge < -0.3 is 15.5 Å². The summed E-state index contributed by atoms with van der Waals surface area (Å²) in [5, 5.41) is 22.9. The van der Waals surface area contributed by atoms with E-state index in [1.165, 1.54) is 34.9 Å². The lowest BCUT2D eigenvalue weighted by molar-refractivity contribution is 0.0690. The van der Waals surface area contributed by atoms with Gasteiger partial charge in [-0.25, -0.2) is 9.78 Å². The number of aromatic carboxylic acids is 1. The fourth-order valence-electron chi connectivity index (χ4n) is 1.56. The second kappa shape index (κ2) is 6.55. The van der Waals surface area contributed by atoms with Gasteiger partial charge in [0.1, 0.15) is 5.75 Å². The van der Waals surface area contributed by atoms with Crippen LogP contribution in [-0.4, -0.2) is 33.6 Å². The highest BCUT2D eigenvalue weighted by Gasteiger charge is 2.10. The Morgan fingerprint density at radius 1 is 1.38 bits per heavy atom. The van der Waals surface area contributed by atoms with E-state index in [0.717, 1.165) is 0 Å². The molecule has 110 valence electrons. The standard InChI is InChI=1S/C13H11ClN2O4S/c14-8-5-7(1-2-10(8)17)12(18)15-4-3-11-16-9(6-21-11)13(19)20/h1-2,5-6,17H,3-4H2,(H,15,18)(H,19,20). The summed E-state index contributed by atoms with van der Waals surface area (Å²) in [6.07, 6.45) is 0.440. The highest BCUT2D eigenvalue weighted by molar-refractivity contribution is 7.09. The van der Waals surface area contributed by atoms with Gasteiger partial charge in [0.25, 0.3) is 5.91 Å². The topological polar surface area (TPSA) is 99.5 Å². The molecule has 1 heterocycles. The number of nitrogens with one attached hydrogen (secondary N) is 1. The lowest BCUT2D eigenvalue weighted by atomic mass is 10.2. The number of amides is 1. The number of halogens is 1. The first kappa shape index (κ1) is 15.3. The molecule has 1 amide bonds. The summed E-state index contributed by atoms with van der Waals surface area (Å²) in [6.45, 7) is 0.323. The molecule has 0 saturated carbocycles. The molecule has 1 aromatic carbocycles. The molecule has 0 bridgehead atoms. The van der Waals surface area contributed by atoms with Crippen LogP contribution in [-0.2, 0) is 6.42 Å². The number of phenols is 1. The van der Waals surface area contributed by atoms with E-state index in [9.17, 15) is 14.7 Å². The first-order valence-electron chi connectivity index (χ1n) is 5.92. The third-order valence-electron chi connectivity index (χ3n) is 2.61. The first-order valence-corrected chi connectivity index (χ1v) is 7.17. The van der Waals surface area contributed by atoms with Crippen LogP contribution < -0.4 is 5.32 Å². The number of aromatic nitrogens is 1. The van der Waals surface area contributed by atoms with Crippen molar-refractivity contribution < 1.29 is 19.8 Å². The molecule has 0 spiro atoms. The Kier molecular flexibility index (Phi) is 4.77. The summed E-state index contributed by atoms with van der Waals surface area (Å²) in [5.41, 5.74) is 0.342. The minimum Gasteiger partial charge on any atom is -0.506 e. The van der Waals surface area contributed by atoms with Crippen molar-refractivity contribution in [2.24, 2.45) is 0 Å². The van der Waals surface area contributed by atoms with E-state index in [2.05, 4.69) is 10.3 Å². The average Bonchev–Trinajstić information content (AvgIpc) is 2.91. The van der Waals surface area contributed by atoms with Gasteiger partial charge in [-0.2, -0.15) is 0 Å². The molecule has 0 aliphatic rings. The normalized spacial score (nSPS) is 10.3. The lowest BCUT2D eigenvalue weighted by Crippen LogP contribution is -2.25. The Labute approximate surface area is 129 Å². The van der Waals surface area contributed by atoms with Crippen LogP contribution in [0, 0.1) is 0 Å². The number of thiazole rings is 1. The summed E-state index contributed by atoms with van der Waals surface area (Å²) < 4.78 is 0. The Bertz CT molecular complexity index is 687. The van der Waals surface area contributed by atoms with Crippen molar-refractivity contribution in [2.75, 3.05) is 6.54 Å². The summed E-state index contributed by atoms with van der Waals surface area (Å²) in [5.74, 6) is -1.48. The van der Waals surface area contributed by atoms with Crippen LogP contribution in [0.25, 0.3) is 0 Å². The van der Waals surface area contributed by atoms with Crippen LogP contribution in [0.3, 0.4) is 0 Å². The van der Waals surface area contributed by atoms with Gasteiger partial charge in [-0.15, -0.1) is 11.3 Å². The maximum absolute atomic E-state index is 11.8.